The number of carbonyl (C=O) groups excluding carboxylic acids is 1. The minimum Gasteiger partial charge on any atom is -0.497 e. The SMILES string of the molecule is COc1ccc(CNC(=O)CNS(=O)(=O)c2ccc(C)cc2)cc1. The molecule has 0 aromatic heterocycles. The number of carbonyl (C=O) groups is 1. The number of aryl methyl sites for hydroxylation is 1. The molecule has 0 radical (unpaired) electrons. The molecule has 2 N–H and O–H groups in total. The summed E-state index contributed by atoms with van der Waals surface area (Å²) >= 11 is 0. The number of benzene rings is 2. The topological polar surface area (TPSA) is 84.5 Å². The molecule has 6 nitrogen and oxygen atoms in total. The molecule has 0 spiro atoms. The first kappa shape index (κ1) is 18.0. The molecule has 2 aromatic rings. The van der Waals surface area contributed by atoms with Gasteiger partial charge in [0, 0.05) is 6.54 Å². The maximum atomic E-state index is 12.1. The molecular weight excluding hydrogens is 328 g/mol. The van der Waals surface area contributed by atoms with Gasteiger partial charge in [-0.05, 0) is 36.8 Å². The molecule has 128 valence electrons. The fourth-order valence-corrected chi connectivity index (χ4v) is 2.95. The van der Waals surface area contributed by atoms with Crippen LogP contribution in [0.3, 0.4) is 0 Å². The monoisotopic (exact) mass is 348 g/mol. The number of amides is 1. The summed E-state index contributed by atoms with van der Waals surface area (Å²) in [4.78, 5) is 11.9. The smallest absolute Gasteiger partial charge is 0.241 e. The fourth-order valence-electron chi connectivity index (χ4n) is 1.97. The van der Waals surface area contributed by atoms with Gasteiger partial charge in [0.25, 0.3) is 0 Å². The number of hydrogen-bond donors (Lipinski definition) is 2. The molecule has 1 amide bonds. The maximum absolute atomic E-state index is 12.1. The Hall–Kier alpha value is -2.38. The lowest BCUT2D eigenvalue weighted by Gasteiger charge is -2.08. The molecule has 24 heavy (non-hydrogen) atoms. The van der Waals surface area contributed by atoms with E-state index >= 15 is 0 Å². The lowest BCUT2D eigenvalue weighted by atomic mass is 10.2. The second-order valence-corrected chi connectivity index (χ2v) is 7.03. The number of sulfonamides is 1. The Balaban J connectivity index is 1.84. The summed E-state index contributed by atoms with van der Waals surface area (Å²) in [6.07, 6.45) is 0. The van der Waals surface area contributed by atoms with Gasteiger partial charge in [-0.2, -0.15) is 0 Å². The third-order valence-electron chi connectivity index (χ3n) is 3.40. The minimum absolute atomic E-state index is 0.135. The molecule has 0 fully saturated rings. The molecule has 0 aliphatic rings. The average Bonchev–Trinajstić information content (AvgIpc) is 2.59. The van der Waals surface area contributed by atoms with Crippen LogP contribution >= 0.6 is 0 Å². The molecule has 0 saturated heterocycles. The largest absolute Gasteiger partial charge is 0.497 e. The highest BCUT2D eigenvalue weighted by atomic mass is 32.2. The first-order valence-electron chi connectivity index (χ1n) is 7.37. The predicted molar refractivity (Wildman–Crippen MR) is 91.2 cm³/mol. The number of hydrogen-bond acceptors (Lipinski definition) is 4. The van der Waals surface area contributed by atoms with E-state index in [0.717, 1.165) is 16.9 Å². The Morgan fingerprint density at radius 2 is 1.67 bits per heavy atom. The van der Waals surface area contributed by atoms with Crippen LogP contribution in [0.25, 0.3) is 0 Å². The normalized spacial score (nSPS) is 11.1. The van der Waals surface area contributed by atoms with Gasteiger partial charge in [0.15, 0.2) is 0 Å². The van der Waals surface area contributed by atoms with Crippen molar-refractivity contribution < 1.29 is 17.9 Å². The first-order valence-corrected chi connectivity index (χ1v) is 8.85. The molecule has 0 atom stereocenters. The highest BCUT2D eigenvalue weighted by Crippen LogP contribution is 2.11. The molecule has 7 heteroatoms. The Kier molecular flexibility index (Phi) is 5.94. The van der Waals surface area contributed by atoms with Crippen molar-refractivity contribution in [3.8, 4) is 5.75 Å². The number of ether oxygens (including phenoxy) is 1. The summed E-state index contributed by atoms with van der Waals surface area (Å²) in [7, 11) is -2.11. The van der Waals surface area contributed by atoms with Gasteiger partial charge in [-0.15, -0.1) is 0 Å². The van der Waals surface area contributed by atoms with Gasteiger partial charge in [-0.3, -0.25) is 4.79 Å². The Morgan fingerprint density at radius 3 is 2.25 bits per heavy atom. The van der Waals surface area contributed by atoms with Crippen LogP contribution in [0.4, 0.5) is 0 Å². The molecule has 2 rings (SSSR count). The van der Waals surface area contributed by atoms with E-state index in [-0.39, 0.29) is 11.4 Å². The van der Waals surface area contributed by atoms with Gasteiger partial charge >= 0.3 is 0 Å². The van der Waals surface area contributed by atoms with Crippen LogP contribution in [-0.4, -0.2) is 28.0 Å². The van der Waals surface area contributed by atoms with E-state index in [0.29, 0.717) is 6.54 Å². The van der Waals surface area contributed by atoms with E-state index < -0.39 is 15.9 Å². The Labute approximate surface area is 141 Å². The summed E-state index contributed by atoms with van der Waals surface area (Å²) in [6.45, 7) is 1.87. The molecule has 0 bridgehead atoms. The van der Waals surface area contributed by atoms with Crippen LogP contribution < -0.4 is 14.8 Å². The molecule has 2 aromatic carbocycles. The van der Waals surface area contributed by atoms with Crippen LogP contribution in [0.5, 0.6) is 5.75 Å². The number of methoxy groups -OCH3 is 1. The summed E-state index contributed by atoms with van der Waals surface area (Å²) < 4.78 is 31.5. The molecular formula is C17H20N2O4S. The van der Waals surface area contributed by atoms with Gasteiger partial charge in [-0.25, -0.2) is 13.1 Å². The molecule has 0 aliphatic heterocycles. The fraction of sp³-hybridized carbons (Fsp3) is 0.235. The number of nitrogens with one attached hydrogen (secondary N) is 2. The van der Waals surface area contributed by atoms with Crippen LogP contribution in [0.2, 0.25) is 0 Å². The zero-order valence-corrected chi connectivity index (χ0v) is 14.4. The lowest BCUT2D eigenvalue weighted by Crippen LogP contribution is -2.36. The lowest BCUT2D eigenvalue weighted by molar-refractivity contribution is -0.120. The number of rotatable bonds is 7. The minimum atomic E-state index is -3.69. The zero-order valence-electron chi connectivity index (χ0n) is 13.6. The van der Waals surface area contributed by atoms with Crippen molar-refractivity contribution in [2.24, 2.45) is 0 Å². The highest BCUT2D eigenvalue weighted by molar-refractivity contribution is 7.89. The van der Waals surface area contributed by atoms with E-state index in [9.17, 15) is 13.2 Å². The van der Waals surface area contributed by atoms with E-state index in [2.05, 4.69) is 10.0 Å². The van der Waals surface area contributed by atoms with Crippen molar-refractivity contribution in [3.63, 3.8) is 0 Å². The Bertz CT molecular complexity index is 784. The molecule has 0 aliphatic carbocycles. The molecule has 0 saturated carbocycles. The molecule has 0 heterocycles. The third kappa shape index (κ3) is 5.07. The van der Waals surface area contributed by atoms with Gasteiger partial charge in [0.05, 0.1) is 18.6 Å². The van der Waals surface area contributed by atoms with Gasteiger partial charge in [0.1, 0.15) is 5.75 Å². The van der Waals surface area contributed by atoms with E-state index in [1.165, 1.54) is 12.1 Å². The van der Waals surface area contributed by atoms with Crippen molar-refractivity contribution in [2.75, 3.05) is 13.7 Å². The van der Waals surface area contributed by atoms with E-state index in [1.807, 2.05) is 19.1 Å². The maximum Gasteiger partial charge on any atom is 0.241 e. The Morgan fingerprint density at radius 1 is 1.04 bits per heavy atom. The van der Waals surface area contributed by atoms with Crippen molar-refractivity contribution in [3.05, 3.63) is 59.7 Å². The standard InChI is InChI=1S/C17H20N2O4S/c1-13-3-9-16(10-4-13)24(21,22)19-12-17(20)18-11-14-5-7-15(23-2)8-6-14/h3-10,19H,11-12H2,1-2H3,(H,18,20). The van der Waals surface area contributed by atoms with Crippen LogP contribution in [0.1, 0.15) is 11.1 Å². The third-order valence-corrected chi connectivity index (χ3v) is 4.82. The highest BCUT2D eigenvalue weighted by Gasteiger charge is 2.15. The second-order valence-electron chi connectivity index (χ2n) is 5.26. The summed E-state index contributed by atoms with van der Waals surface area (Å²) in [5.74, 6) is 0.331. The van der Waals surface area contributed by atoms with Crippen molar-refractivity contribution in [2.45, 2.75) is 18.4 Å². The first-order chi connectivity index (χ1) is 11.4. The van der Waals surface area contributed by atoms with Crippen molar-refractivity contribution in [1.82, 2.24) is 10.0 Å². The van der Waals surface area contributed by atoms with Crippen LogP contribution in [-0.2, 0) is 21.4 Å². The van der Waals surface area contributed by atoms with Gasteiger partial charge in [0.2, 0.25) is 15.9 Å². The van der Waals surface area contributed by atoms with Gasteiger partial charge in [-0.1, -0.05) is 29.8 Å². The second kappa shape index (κ2) is 7.94. The van der Waals surface area contributed by atoms with Crippen LogP contribution in [0, 0.1) is 6.92 Å². The summed E-state index contributed by atoms with van der Waals surface area (Å²) in [5, 5.41) is 2.66. The quantitative estimate of drug-likeness (QED) is 0.796. The molecule has 0 unspecified atom stereocenters. The predicted octanol–water partition coefficient (Wildman–Crippen LogP) is 1.60. The zero-order chi connectivity index (χ0) is 17.6. The van der Waals surface area contributed by atoms with Crippen LogP contribution in [0.15, 0.2) is 53.4 Å². The van der Waals surface area contributed by atoms with Crippen molar-refractivity contribution in [1.29, 1.82) is 0 Å². The van der Waals surface area contributed by atoms with Crippen molar-refractivity contribution >= 4 is 15.9 Å². The summed E-state index contributed by atoms with van der Waals surface area (Å²) in [6, 6.07) is 13.7. The average molecular weight is 348 g/mol. The van der Waals surface area contributed by atoms with E-state index in [4.69, 9.17) is 4.74 Å². The van der Waals surface area contributed by atoms with E-state index in [1.54, 1.807) is 31.4 Å². The van der Waals surface area contributed by atoms with Gasteiger partial charge < -0.3 is 10.1 Å². The summed E-state index contributed by atoms with van der Waals surface area (Å²) in [5.41, 5.74) is 1.86.